The lowest BCUT2D eigenvalue weighted by molar-refractivity contribution is 0.599. The van der Waals surface area contributed by atoms with Gasteiger partial charge in [-0.05, 0) is 22.5 Å². The average molecular weight is 203 g/mol. The van der Waals surface area contributed by atoms with Crippen molar-refractivity contribution in [2.45, 2.75) is 45.6 Å². The first-order chi connectivity index (χ1) is 6.94. The van der Waals surface area contributed by atoms with Crippen molar-refractivity contribution in [2.75, 3.05) is 0 Å². The summed E-state index contributed by atoms with van der Waals surface area (Å²) in [7, 11) is 0. The summed E-state index contributed by atoms with van der Waals surface area (Å²) in [5.74, 6) is 1.15. The van der Waals surface area contributed by atoms with Crippen LogP contribution in [0.2, 0.25) is 0 Å². The van der Waals surface area contributed by atoms with Crippen molar-refractivity contribution in [1.82, 2.24) is 0 Å². The monoisotopic (exact) mass is 203 g/mol. The molecule has 0 aliphatic heterocycles. The van der Waals surface area contributed by atoms with E-state index in [0.29, 0.717) is 17.9 Å². The zero-order valence-corrected chi connectivity index (χ0v) is 10.1. The van der Waals surface area contributed by atoms with Gasteiger partial charge in [-0.15, -0.1) is 0 Å². The molecule has 0 heterocycles. The third kappa shape index (κ3) is 1.69. The average Bonchev–Trinajstić information content (AvgIpc) is 2.66. The molecule has 15 heavy (non-hydrogen) atoms. The van der Waals surface area contributed by atoms with E-state index in [1.165, 1.54) is 11.1 Å². The summed E-state index contributed by atoms with van der Waals surface area (Å²) in [6, 6.07) is 9.23. The van der Waals surface area contributed by atoms with Gasteiger partial charge in [0.1, 0.15) is 0 Å². The fraction of sp³-hybridized carbons (Fsp3) is 0.571. The van der Waals surface area contributed by atoms with Crippen molar-refractivity contribution >= 4 is 0 Å². The maximum Gasteiger partial charge on any atom is 0.0172 e. The minimum absolute atomic E-state index is 0.287. The summed E-state index contributed by atoms with van der Waals surface area (Å²) in [6.07, 6.45) is 0. The van der Waals surface area contributed by atoms with Gasteiger partial charge in [-0.2, -0.15) is 0 Å². The van der Waals surface area contributed by atoms with Crippen LogP contribution in [0.25, 0.3) is 0 Å². The van der Waals surface area contributed by atoms with E-state index in [-0.39, 0.29) is 5.41 Å². The summed E-state index contributed by atoms with van der Waals surface area (Å²) < 4.78 is 0. The molecule has 2 unspecified atom stereocenters. The maximum absolute atomic E-state index is 6.10. The lowest BCUT2D eigenvalue weighted by Gasteiger charge is -2.08. The van der Waals surface area contributed by atoms with E-state index in [9.17, 15) is 0 Å². The standard InChI is InChI=1S/C14H21N/c1-9(2)10-6-5-7-11(8-10)12-13(15)14(12,3)4/h5-9,12-13H,15H2,1-4H3. The Morgan fingerprint density at radius 2 is 1.87 bits per heavy atom. The van der Waals surface area contributed by atoms with Crippen LogP contribution in [-0.4, -0.2) is 6.04 Å². The van der Waals surface area contributed by atoms with Gasteiger partial charge >= 0.3 is 0 Å². The van der Waals surface area contributed by atoms with Gasteiger partial charge in [-0.3, -0.25) is 0 Å². The zero-order chi connectivity index (χ0) is 11.2. The molecule has 1 aliphatic carbocycles. The van der Waals surface area contributed by atoms with Crippen LogP contribution in [-0.2, 0) is 0 Å². The molecule has 1 nitrogen and oxygen atoms in total. The first-order valence-corrected chi connectivity index (χ1v) is 5.80. The van der Waals surface area contributed by atoms with Crippen molar-refractivity contribution in [3.63, 3.8) is 0 Å². The Morgan fingerprint density at radius 3 is 2.33 bits per heavy atom. The van der Waals surface area contributed by atoms with Gasteiger partial charge in [-0.1, -0.05) is 52.0 Å². The second-order valence-corrected chi connectivity index (χ2v) is 5.65. The number of nitrogens with two attached hydrogens (primary N) is 1. The third-order valence-electron chi connectivity index (χ3n) is 3.85. The molecule has 0 bridgehead atoms. The highest BCUT2D eigenvalue weighted by Gasteiger charge is 2.56. The summed E-state index contributed by atoms with van der Waals surface area (Å²) in [6.45, 7) is 8.98. The van der Waals surface area contributed by atoms with Crippen molar-refractivity contribution < 1.29 is 0 Å². The Morgan fingerprint density at radius 1 is 1.27 bits per heavy atom. The molecule has 2 atom stereocenters. The van der Waals surface area contributed by atoms with Crippen molar-refractivity contribution in [3.8, 4) is 0 Å². The number of benzene rings is 1. The summed E-state index contributed by atoms with van der Waals surface area (Å²) in [5, 5.41) is 0. The molecule has 0 aromatic heterocycles. The topological polar surface area (TPSA) is 26.0 Å². The Hall–Kier alpha value is -0.820. The molecule has 0 spiro atoms. The molecule has 1 saturated carbocycles. The number of rotatable bonds is 2. The first-order valence-electron chi connectivity index (χ1n) is 5.80. The van der Waals surface area contributed by atoms with Crippen LogP contribution >= 0.6 is 0 Å². The largest absolute Gasteiger partial charge is 0.327 e. The van der Waals surface area contributed by atoms with Crippen LogP contribution in [0.5, 0.6) is 0 Å². The second kappa shape index (κ2) is 3.34. The number of hydrogen-bond donors (Lipinski definition) is 1. The molecule has 1 aromatic carbocycles. The minimum atomic E-state index is 0.287. The Labute approximate surface area is 92.7 Å². The van der Waals surface area contributed by atoms with E-state index in [4.69, 9.17) is 5.73 Å². The van der Waals surface area contributed by atoms with Crippen LogP contribution in [0, 0.1) is 5.41 Å². The normalized spacial score (nSPS) is 28.1. The minimum Gasteiger partial charge on any atom is -0.327 e. The fourth-order valence-electron chi connectivity index (χ4n) is 2.43. The predicted molar refractivity (Wildman–Crippen MR) is 65.0 cm³/mol. The van der Waals surface area contributed by atoms with Gasteiger partial charge < -0.3 is 5.73 Å². The van der Waals surface area contributed by atoms with Crippen LogP contribution in [0.15, 0.2) is 24.3 Å². The van der Waals surface area contributed by atoms with E-state index in [1.54, 1.807) is 0 Å². The second-order valence-electron chi connectivity index (χ2n) is 5.65. The first kappa shape index (κ1) is 10.7. The Balaban J connectivity index is 2.28. The van der Waals surface area contributed by atoms with Crippen LogP contribution in [0.3, 0.4) is 0 Å². The molecule has 82 valence electrons. The molecule has 0 amide bonds. The highest BCUT2D eigenvalue weighted by molar-refractivity contribution is 5.37. The van der Waals surface area contributed by atoms with Crippen molar-refractivity contribution in [3.05, 3.63) is 35.4 Å². The van der Waals surface area contributed by atoms with E-state index in [2.05, 4.69) is 52.0 Å². The SMILES string of the molecule is CC(C)c1cccc(C2C(N)C2(C)C)c1. The quantitative estimate of drug-likeness (QED) is 0.784. The molecular formula is C14H21N. The molecule has 0 saturated heterocycles. The van der Waals surface area contributed by atoms with Crippen LogP contribution in [0.1, 0.15) is 50.7 Å². The van der Waals surface area contributed by atoms with E-state index >= 15 is 0 Å². The van der Waals surface area contributed by atoms with Crippen LogP contribution < -0.4 is 5.73 Å². The van der Waals surface area contributed by atoms with Gasteiger partial charge in [-0.25, -0.2) is 0 Å². The zero-order valence-electron chi connectivity index (χ0n) is 10.1. The van der Waals surface area contributed by atoms with Gasteiger partial charge in [0, 0.05) is 12.0 Å². The van der Waals surface area contributed by atoms with Gasteiger partial charge in [0.2, 0.25) is 0 Å². The smallest absolute Gasteiger partial charge is 0.0172 e. The molecule has 1 aromatic rings. The summed E-state index contributed by atoms with van der Waals surface area (Å²) in [4.78, 5) is 0. The fourth-order valence-corrected chi connectivity index (χ4v) is 2.43. The third-order valence-corrected chi connectivity index (χ3v) is 3.85. The van der Waals surface area contributed by atoms with Crippen LogP contribution in [0.4, 0.5) is 0 Å². The molecule has 2 N–H and O–H groups in total. The van der Waals surface area contributed by atoms with Gasteiger partial charge in [0.15, 0.2) is 0 Å². The lowest BCUT2D eigenvalue weighted by atomic mass is 9.96. The summed E-state index contributed by atoms with van der Waals surface area (Å²) in [5.41, 5.74) is 9.22. The molecule has 0 radical (unpaired) electrons. The molecule has 1 aliphatic rings. The number of hydrogen-bond acceptors (Lipinski definition) is 1. The van der Waals surface area contributed by atoms with E-state index in [1.807, 2.05) is 0 Å². The molecule has 1 heteroatoms. The maximum atomic E-state index is 6.10. The van der Waals surface area contributed by atoms with E-state index in [0.717, 1.165) is 0 Å². The lowest BCUT2D eigenvalue weighted by Crippen LogP contribution is -2.06. The highest BCUT2D eigenvalue weighted by Crippen LogP contribution is 2.57. The summed E-state index contributed by atoms with van der Waals surface area (Å²) >= 11 is 0. The molecule has 1 fully saturated rings. The van der Waals surface area contributed by atoms with Gasteiger partial charge in [0.05, 0.1) is 0 Å². The van der Waals surface area contributed by atoms with Crippen molar-refractivity contribution in [2.24, 2.45) is 11.1 Å². The van der Waals surface area contributed by atoms with Crippen molar-refractivity contribution in [1.29, 1.82) is 0 Å². The van der Waals surface area contributed by atoms with E-state index < -0.39 is 0 Å². The van der Waals surface area contributed by atoms with Gasteiger partial charge in [0.25, 0.3) is 0 Å². The molecule has 2 rings (SSSR count). The highest BCUT2D eigenvalue weighted by atomic mass is 14.8. The Kier molecular flexibility index (Phi) is 2.38. The molecular weight excluding hydrogens is 182 g/mol. The predicted octanol–water partition coefficient (Wildman–Crippen LogP) is 3.26. The Bertz CT molecular complexity index is 365.